The predicted molar refractivity (Wildman–Crippen MR) is 84.5 cm³/mol. The van der Waals surface area contributed by atoms with Crippen molar-refractivity contribution in [1.82, 2.24) is 0 Å². The van der Waals surface area contributed by atoms with E-state index >= 15 is 0 Å². The van der Waals surface area contributed by atoms with Crippen molar-refractivity contribution in [3.8, 4) is 5.75 Å². The summed E-state index contributed by atoms with van der Waals surface area (Å²) in [6.45, 7) is 2.19. The summed E-state index contributed by atoms with van der Waals surface area (Å²) >= 11 is 12.1. The maximum atomic E-state index is 8.71. The molecule has 0 spiro atoms. The van der Waals surface area contributed by atoms with E-state index in [0.29, 0.717) is 21.4 Å². The summed E-state index contributed by atoms with van der Waals surface area (Å²) in [5.41, 5.74) is 7.87. The lowest BCUT2D eigenvalue weighted by Gasteiger charge is -2.12. The van der Waals surface area contributed by atoms with Crippen molar-refractivity contribution in [2.24, 2.45) is 10.9 Å². The molecule has 4 nitrogen and oxygen atoms in total. The third-order valence-electron chi connectivity index (χ3n) is 3.01. The van der Waals surface area contributed by atoms with Gasteiger partial charge in [0.1, 0.15) is 12.4 Å². The van der Waals surface area contributed by atoms with Crippen molar-refractivity contribution in [3.05, 3.63) is 63.1 Å². The van der Waals surface area contributed by atoms with Crippen molar-refractivity contribution in [3.63, 3.8) is 0 Å². The summed E-state index contributed by atoms with van der Waals surface area (Å²) in [7, 11) is 0. The topological polar surface area (TPSA) is 67.8 Å². The minimum Gasteiger partial charge on any atom is -0.489 e. The molecule has 0 bridgehead atoms. The third kappa shape index (κ3) is 3.60. The van der Waals surface area contributed by atoms with Gasteiger partial charge >= 0.3 is 0 Å². The van der Waals surface area contributed by atoms with Crippen LogP contribution in [0.2, 0.25) is 10.0 Å². The first-order valence-corrected chi connectivity index (χ1v) is 6.92. The molecule has 2 aromatic rings. The Hall–Kier alpha value is -1.91. The molecule has 0 aliphatic heterocycles. The first-order chi connectivity index (χ1) is 10.0. The van der Waals surface area contributed by atoms with Crippen molar-refractivity contribution in [1.29, 1.82) is 0 Å². The molecule has 0 unspecified atom stereocenters. The Bertz CT molecular complexity index is 687. The number of nitrogens with zero attached hydrogens (tertiary/aromatic N) is 1. The van der Waals surface area contributed by atoms with E-state index in [2.05, 4.69) is 5.16 Å². The summed E-state index contributed by atoms with van der Waals surface area (Å²) in [5, 5.41) is 12.6. The van der Waals surface area contributed by atoms with E-state index in [1.54, 1.807) is 18.2 Å². The minimum atomic E-state index is 0.0284. The van der Waals surface area contributed by atoms with Crippen LogP contribution in [0, 0.1) is 6.92 Å². The van der Waals surface area contributed by atoms with Crippen molar-refractivity contribution >= 4 is 29.0 Å². The molecule has 0 atom stereocenters. The van der Waals surface area contributed by atoms with E-state index < -0.39 is 0 Å². The molecule has 0 aliphatic carbocycles. The number of rotatable bonds is 4. The zero-order valence-electron chi connectivity index (χ0n) is 11.3. The first kappa shape index (κ1) is 15.5. The molecule has 0 saturated heterocycles. The molecule has 0 saturated carbocycles. The molecule has 0 heterocycles. The van der Waals surface area contributed by atoms with Gasteiger partial charge in [-0.25, -0.2) is 0 Å². The highest BCUT2D eigenvalue weighted by Crippen LogP contribution is 2.27. The van der Waals surface area contributed by atoms with Gasteiger partial charge in [-0.15, -0.1) is 0 Å². The molecule has 2 rings (SSSR count). The molecular weight excluding hydrogens is 311 g/mol. The minimum absolute atomic E-state index is 0.0284. The van der Waals surface area contributed by atoms with Crippen LogP contribution in [-0.2, 0) is 6.61 Å². The van der Waals surface area contributed by atoms with E-state index in [9.17, 15) is 0 Å². The summed E-state index contributed by atoms with van der Waals surface area (Å²) in [5.74, 6) is 0.663. The molecule has 6 heteroatoms. The Morgan fingerprint density at radius 1 is 1.29 bits per heavy atom. The number of aryl methyl sites for hydroxylation is 1. The lowest BCUT2D eigenvalue weighted by molar-refractivity contribution is 0.304. The fourth-order valence-electron chi connectivity index (χ4n) is 1.79. The van der Waals surface area contributed by atoms with Crippen LogP contribution >= 0.6 is 23.2 Å². The Labute approximate surface area is 132 Å². The molecule has 0 amide bonds. The van der Waals surface area contributed by atoms with Gasteiger partial charge in [0, 0.05) is 11.1 Å². The first-order valence-electron chi connectivity index (χ1n) is 6.17. The highest BCUT2D eigenvalue weighted by molar-refractivity contribution is 6.42. The second-order valence-electron chi connectivity index (χ2n) is 4.47. The zero-order chi connectivity index (χ0) is 15.4. The molecule has 110 valence electrons. The fraction of sp³-hybridized carbons (Fsp3) is 0.133. The van der Waals surface area contributed by atoms with Crippen LogP contribution in [0.5, 0.6) is 5.75 Å². The molecule has 0 aliphatic rings. The van der Waals surface area contributed by atoms with Crippen LogP contribution in [0.15, 0.2) is 41.6 Å². The fourth-order valence-corrected chi connectivity index (χ4v) is 2.16. The zero-order valence-corrected chi connectivity index (χ0v) is 12.8. The van der Waals surface area contributed by atoms with Crippen molar-refractivity contribution in [2.75, 3.05) is 0 Å². The average Bonchev–Trinajstić information content (AvgIpc) is 2.49. The van der Waals surface area contributed by atoms with E-state index in [-0.39, 0.29) is 12.4 Å². The van der Waals surface area contributed by atoms with Gasteiger partial charge in [-0.05, 0) is 24.6 Å². The van der Waals surface area contributed by atoms with Gasteiger partial charge in [-0.3, -0.25) is 0 Å². The molecule has 2 aromatic carbocycles. The Morgan fingerprint density at radius 2 is 2.05 bits per heavy atom. The SMILES string of the molecule is Cc1ccc(/C(N)=N/O)cc1OCc1cccc(Cl)c1Cl. The van der Waals surface area contributed by atoms with Crippen LogP contribution < -0.4 is 10.5 Å². The van der Waals surface area contributed by atoms with Gasteiger partial charge in [0.05, 0.1) is 10.0 Å². The number of oxime groups is 1. The quantitative estimate of drug-likeness (QED) is 0.387. The number of amidine groups is 1. The summed E-state index contributed by atoms with van der Waals surface area (Å²) in [4.78, 5) is 0. The maximum Gasteiger partial charge on any atom is 0.170 e. The average molecular weight is 325 g/mol. The summed E-state index contributed by atoms with van der Waals surface area (Å²) in [6.07, 6.45) is 0. The molecule has 0 aromatic heterocycles. The third-order valence-corrected chi connectivity index (χ3v) is 3.86. The normalized spacial score (nSPS) is 11.5. The van der Waals surface area contributed by atoms with Gasteiger partial charge in [0.15, 0.2) is 5.84 Å². The van der Waals surface area contributed by atoms with Crippen LogP contribution in [0.3, 0.4) is 0 Å². The van der Waals surface area contributed by atoms with Gasteiger partial charge < -0.3 is 15.7 Å². The van der Waals surface area contributed by atoms with E-state index in [0.717, 1.165) is 11.1 Å². The van der Waals surface area contributed by atoms with E-state index in [1.807, 2.05) is 25.1 Å². The van der Waals surface area contributed by atoms with E-state index in [1.165, 1.54) is 0 Å². The van der Waals surface area contributed by atoms with E-state index in [4.69, 9.17) is 38.9 Å². The lowest BCUT2D eigenvalue weighted by Crippen LogP contribution is -2.13. The second-order valence-corrected chi connectivity index (χ2v) is 5.25. The van der Waals surface area contributed by atoms with Crippen molar-refractivity contribution < 1.29 is 9.94 Å². The van der Waals surface area contributed by atoms with Gasteiger partial charge in [0.2, 0.25) is 0 Å². The second kappa shape index (κ2) is 6.70. The molecule has 0 radical (unpaired) electrons. The Morgan fingerprint density at radius 3 is 2.76 bits per heavy atom. The largest absolute Gasteiger partial charge is 0.489 e. The van der Waals surface area contributed by atoms with Crippen LogP contribution in [-0.4, -0.2) is 11.0 Å². The molecule has 0 fully saturated rings. The molecular formula is C15H14Cl2N2O2. The number of ether oxygens (including phenoxy) is 1. The Balaban J connectivity index is 2.22. The lowest BCUT2D eigenvalue weighted by atomic mass is 10.1. The van der Waals surface area contributed by atoms with Gasteiger partial charge in [0.25, 0.3) is 0 Å². The summed E-state index contributed by atoms with van der Waals surface area (Å²) < 4.78 is 5.76. The number of benzene rings is 2. The number of hydrogen-bond acceptors (Lipinski definition) is 3. The molecule has 21 heavy (non-hydrogen) atoms. The standard InChI is InChI=1S/C15H14Cl2N2O2/c1-9-5-6-10(15(18)19-20)7-13(9)21-8-11-3-2-4-12(16)14(11)17/h2-7,20H,8H2,1H3,(H2,18,19). The number of nitrogens with two attached hydrogens (primary N) is 1. The summed E-state index contributed by atoms with van der Waals surface area (Å²) in [6, 6.07) is 10.7. The molecule has 3 N–H and O–H groups in total. The number of hydrogen-bond donors (Lipinski definition) is 2. The smallest absolute Gasteiger partial charge is 0.170 e. The Kier molecular flexibility index (Phi) is 4.94. The van der Waals surface area contributed by atoms with Crippen molar-refractivity contribution in [2.45, 2.75) is 13.5 Å². The highest BCUT2D eigenvalue weighted by Gasteiger charge is 2.08. The number of halogens is 2. The van der Waals surface area contributed by atoms with Crippen LogP contribution in [0.4, 0.5) is 0 Å². The van der Waals surface area contributed by atoms with Crippen LogP contribution in [0.1, 0.15) is 16.7 Å². The maximum absolute atomic E-state index is 8.71. The van der Waals surface area contributed by atoms with Gasteiger partial charge in [-0.2, -0.15) is 0 Å². The highest BCUT2D eigenvalue weighted by atomic mass is 35.5. The monoisotopic (exact) mass is 324 g/mol. The van der Waals surface area contributed by atoms with Crippen LogP contribution in [0.25, 0.3) is 0 Å². The predicted octanol–water partition coefficient (Wildman–Crippen LogP) is 3.98. The van der Waals surface area contributed by atoms with Gasteiger partial charge in [-0.1, -0.05) is 52.6 Å².